The lowest BCUT2D eigenvalue weighted by atomic mass is 10.1. The van der Waals surface area contributed by atoms with Crippen LogP contribution in [0, 0.1) is 0 Å². The van der Waals surface area contributed by atoms with Crippen LogP contribution in [-0.4, -0.2) is 16.8 Å². The number of nitrogens with zero attached hydrogens (tertiary/aromatic N) is 2. The Kier molecular flexibility index (Phi) is 5.20. The molecule has 0 atom stereocenters. The van der Waals surface area contributed by atoms with Crippen molar-refractivity contribution in [2.45, 2.75) is 71.4 Å². The Bertz CT molecular complexity index is 837. The predicted octanol–water partition coefficient (Wildman–Crippen LogP) is 5.83. The van der Waals surface area contributed by atoms with Crippen LogP contribution < -0.4 is 5.32 Å². The van der Waals surface area contributed by atoms with Crippen LogP contribution in [0.15, 0.2) is 47.1 Å². The molecule has 0 aliphatic heterocycles. The van der Waals surface area contributed by atoms with E-state index in [1.807, 2.05) is 13.1 Å². The Morgan fingerprint density at radius 1 is 1.07 bits per heavy atom. The number of aromatic nitrogens is 1. The predicted molar refractivity (Wildman–Crippen MR) is 115 cm³/mol. The Morgan fingerprint density at radius 3 is 2.33 bits per heavy atom. The lowest BCUT2D eigenvalue weighted by Gasteiger charge is -2.20. The molecule has 1 saturated carbocycles. The van der Waals surface area contributed by atoms with E-state index in [-0.39, 0.29) is 0 Å². The number of rotatable bonds is 5. The minimum atomic E-state index is 0.459. The number of aliphatic imine (C=N–C) groups is 1. The molecular weight excluding hydrogens is 330 g/mol. The lowest BCUT2D eigenvalue weighted by Crippen LogP contribution is -2.28. The van der Waals surface area contributed by atoms with Gasteiger partial charge in [0.1, 0.15) is 5.82 Å². The third-order valence-corrected chi connectivity index (χ3v) is 6.03. The summed E-state index contributed by atoms with van der Waals surface area (Å²) in [5.74, 6) is 1.11. The third-order valence-electron chi connectivity index (χ3n) is 6.03. The highest BCUT2D eigenvalue weighted by Crippen LogP contribution is 2.38. The van der Waals surface area contributed by atoms with E-state index in [9.17, 15) is 0 Å². The molecule has 2 aliphatic rings. The first-order chi connectivity index (χ1) is 13.2. The molecular formula is C24H31N3. The minimum absolute atomic E-state index is 0.459. The monoisotopic (exact) mass is 361 g/mol. The molecule has 4 rings (SSSR count). The van der Waals surface area contributed by atoms with Gasteiger partial charge >= 0.3 is 0 Å². The first-order valence-electron chi connectivity index (χ1n) is 10.4. The van der Waals surface area contributed by atoms with Crippen molar-refractivity contribution in [3.05, 3.63) is 58.8 Å². The number of hydrogen-bond acceptors (Lipinski definition) is 2. The number of nitrogens with one attached hydrogen (secondary N) is 1. The SMILES string of the molecule is CC=Nc1c(C(NC2Cc3ccccc3C2)=C(C)C)ccn1C1CCCC1. The highest BCUT2D eigenvalue weighted by atomic mass is 15.1. The molecule has 2 aliphatic carbocycles. The molecule has 0 spiro atoms. The Morgan fingerprint density at radius 2 is 1.74 bits per heavy atom. The Balaban J connectivity index is 1.63. The van der Waals surface area contributed by atoms with E-state index in [0.717, 1.165) is 18.7 Å². The third kappa shape index (κ3) is 3.60. The van der Waals surface area contributed by atoms with Crippen molar-refractivity contribution in [2.75, 3.05) is 0 Å². The summed E-state index contributed by atoms with van der Waals surface area (Å²) in [4.78, 5) is 4.79. The molecule has 1 heterocycles. The molecule has 0 bridgehead atoms. The van der Waals surface area contributed by atoms with Gasteiger partial charge in [0.2, 0.25) is 0 Å². The van der Waals surface area contributed by atoms with E-state index >= 15 is 0 Å². The van der Waals surface area contributed by atoms with Gasteiger partial charge in [-0.15, -0.1) is 0 Å². The fourth-order valence-corrected chi connectivity index (χ4v) is 4.73. The van der Waals surface area contributed by atoms with Gasteiger partial charge in [0.25, 0.3) is 0 Å². The number of fused-ring (bicyclic) bond motifs is 1. The van der Waals surface area contributed by atoms with E-state index in [4.69, 9.17) is 4.99 Å². The van der Waals surface area contributed by atoms with Crippen molar-refractivity contribution in [1.29, 1.82) is 0 Å². The second-order valence-electron chi connectivity index (χ2n) is 8.18. The van der Waals surface area contributed by atoms with Crippen LogP contribution in [0.4, 0.5) is 5.82 Å². The van der Waals surface area contributed by atoms with Gasteiger partial charge in [-0.25, -0.2) is 4.99 Å². The summed E-state index contributed by atoms with van der Waals surface area (Å²) in [5.41, 5.74) is 6.79. The average molecular weight is 362 g/mol. The zero-order valence-electron chi connectivity index (χ0n) is 16.8. The van der Waals surface area contributed by atoms with Crippen LogP contribution in [0.25, 0.3) is 5.70 Å². The Hall–Kier alpha value is -2.29. The second kappa shape index (κ2) is 7.75. The van der Waals surface area contributed by atoms with Gasteiger partial charge in [0.15, 0.2) is 0 Å². The molecule has 1 aromatic heterocycles. The van der Waals surface area contributed by atoms with Gasteiger partial charge < -0.3 is 9.88 Å². The summed E-state index contributed by atoms with van der Waals surface area (Å²) in [6, 6.07) is 12.2. The van der Waals surface area contributed by atoms with Crippen LogP contribution in [0.1, 0.15) is 69.2 Å². The highest BCUT2D eigenvalue weighted by molar-refractivity contribution is 5.76. The van der Waals surface area contributed by atoms with Crippen molar-refractivity contribution in [3.8, 4) is 0 Å². The van der Waals surface area contributed by atoms with Gasteiger partial charge in [-0.1, -0.05) is 42.7 Å². The highest BCUT2D eigenvalue weighted by Gasteiger charge is 2.25. The molecule has 0 radical (unpaired) electrons. The van der Waals surface area contributed by atoms with Crippen molar-refractivity contribution >= 4 is 17.7 Å². The molecule has 0 amide bonds. The zero-order valence-corrected chi connectivity index (χ0v) is 16.8. The zero-order chi connectivity index (χ0) is 18.8. The Labute approximate surface area is 163 Å². The van der Waals surface area contributed by atoms with E-state index in [1.165, 1.54) is 53.6 Å². The number of allylic oxidation sites excluding steroid dienone is 1. The molecule has 1 fully saturated rings. The first-order valence-corrected chi connectivity index (χ1v) is 10.4. The van der Waals surface area contributed by atoms with E-state index in [1.54, 1.807) is 0 Å². The quantitative estimate of drug-likeness (QED) is 0.667. The fraction of sp³-hybridized carbons (Fsp3) is 0.458. The van der Waals surface area contributed by atoms with E-state index < -0.39 is 0 Å². The number of hydrogen-bond donors (Lipinski definition) is 1. The topological polar surface area (TPSA) is 29.3 Å². The van der Waals surface area contributed by atoms with Crippen molar-refractivity contribution in [3.63, 3.8) is 0 Å². The van der Waals surface area contributed by atoms with Gasteiger partial charge in [0.05, 0.1) is 0 Å². The van der Waals surface area contributed by atoms with Crippen molar-refractivity contribution < 1.29 is 0 Å². The fourth-order valence-electron chi connectivity index (χ4n) is 4.73. The number of benzene rings is 1. The summed E-state index contributed by atoms with van der Waals surface area (Å²) in [7, 11) is 0. The smallest absolute Gasteiger partial charge is 0.141 e. The largest absolute Gasteiger partial charge is 0.381 e. The molecule has 0 saturated heterocycles. The van der Waals surface area contributed by atoms with Crippen molar-refractivity contribution in [1.82, 2.24) is 9.88 Å². The summed E-state index contributed by atoms with van der Waals surface area (Å²) in [6.45, 7) is 6.42. The average Bonchev–Trinajstić information content (AvgIpc) is 3.38. The first kappa shape index (κ1) is 18.1. The summed E-state index contributed by atoms with van der Waals surface area (Å²) in [6.07, 6.45) is 11.6. The molecule has 27 heavy (non-hydrogen) atoms. The van der Waals surface area contributed by atoms with Crippen LogP contribution in [0.2, 0.25) is 0 Å². The molecule has 1 aromatic carbocycles. The molecule has 0 unspecified atom stereocenters. The summed E-state index contributed by atoms with van der Waals surface area (Å²) in [5, 5.41) is 3.87. The van der Waals surface area contributed by atoms with Crippen LogP contribution in [0.5, 0.6) is 0 Å². The maximum atomic E-state index is 4.79. The summed E-state index contributed by atoms with van der Waals surface area (Å²) >= 11 is 0. The van der Waals surface area contributed by atoms with E-state index in [0.29, 0.717) is 12.1 Å². The standard InChI is InChI=1S/C24H31N3/c1-4-25-24-22(13-14-27(24)21-11-7-8-12-21)23(17(2)3)26-20-15-18-9-5-6-10-19(18)16-20/h4-6,9-10,13-14,20-21,26H,7-8,11-12,15-16H2,1-3H3. The summed E-state index contributed by atoms with van der Waals surface area (Å²) < 4.78 is 2.41. The minimum Gasteiger partial charge on any atom is -0.381 e. The van der Waals surface area contributed by atoms with Gasteiger partial charge in [-0.2, -0.15) is 0 Å². The molecule has 2 aromatic rings. The van der Waals surface area contributed by atoms with Gasteiger partial charge in [-0.05, 0) is 63.6 Å². The maximum absolute atomic E-state index is 4.79. The van der Waals surface area contributed by atoms with E-state index in [2.05, 4.69) is 60.3 Å². The van der Waals surface area contributed by atoms with Crippen molar-refractivity contribution in [2.24, 2.45) is 4.99 Å². The molecule has 3 nitrogen and oxygen atoms in total. The van der Waals surface area contributed by atoms with Crippen LogP contribution >= 0.6 is 0 Å². The second-order valence-corrected chi connectivity index (χ2v) is 8.18. The molecule has 142 valence electrons. The molecule has 1 N–H and O–H groups in total. The maximum Gasteiger partial charge on any atom is 0.141 e. The van der Waals surface area contributed by atoms with Crippen LogP contribution in [0.3, 0.4) is 0 Å². The molecule has 3 heteroatoms. The normalized spacial score (nSPS) is 17.6. The van der Waals surface area contributed by atoms with Gasteiger partial charge in [-0.3, -0.25) is 0 Å². The van der Waals surface area contributed by atoms with Crippen LogP contribution in [-0.2, 0) is 12.8 Å². The lowest BCUT2D eigenvalue weighted by molar-refractivity contribution is 0.524. The van der Waals surface area contributed by atoms with Gasteiger partial charge in [0, 0.05) is 35.8 Å².